The predicted molar refractivity (Wildman–Crippen MR) is 133 cm³/mol. The van der Waals surface area contributed by atoms with Gasteiger partial charge >= 0.3 is 0 Å². The number of rotatable bonds is 9. The van der Waals surface area contributed by atoms with Crippen LogP contribution in [0.2, 0.25) is 0 Å². The average Bonchev–Trinajstić information content (AvgIpc) is 2.84. The Kier molecular flexibility index (Phi) is 7.49. The Morgan fingerprint density at radius 3 is 2.60 bits per heavy atom. The standard InChI is InChI=1S/C26H31N3O5S/c1-2-14-26(18-27-35(33,34)25-11-7-6-10-24(25)29(31)32)19-28(16-20-8-4-3-5-9-20)17-21-12-13-22(30)15-23(21)26/h2-11,21,23,27H,1,12-19H2/t21-,23-,26+/m1/s1. The van der Waals surface area contributed by atoms with Crippen LogP contribution in [0.3, 0.4) is 0 Å². The van der Waals surface area contributed by atoms with Crippen LogP contribution in [0.1, 0.15) is 31.2 Å². The normalized spacial score (nSPS) is 25.1. The summed E-state index contributed by atoms with van der Waals surface area (Å²) in [6.07, 6.45) is 4.08. The fourth-order valence-corrected chi connectivity index (χ4v) is 7.14. The zero-order valence-electron chi connectivity index (χ0n) is 19.6. The molecule has 1 heterocycles. The van der Waals surface area contributed by atoms with Gasteiger partial charge in [-0.3, -0.25) is 19.8 Å². The summed E-state index contributed by atoms with van der Waals surface area (Å²) in [5, 5.41) is 11.4. The number of fused-ring (bicyclic) bond motifs is 1. The van der Waals surface area contributed by atoms with E-state index in [1.54, 1.807) is 6.08 Å². The van der Waals surface area contributed by atoms with E-state index < -0.39 is 26.0 Å². The number of hydrogen-bond acceptors (Lipinski definition) is 6. The summed E-state index contributed by atoms with van der Waals surface area (Å²) in [6, 6.07) is 15.5. The Morgan fingerprint density at radius 1 is 1.17 bits per heavy atom. The quantitative estimate of drug-likeness (QED) is 0.319. The Bertz CT molecular complexity index is 1200. The molecule has 1 saturated carbocycles. The maximum Gasteiger partial charge on any atom is 0.289 e. The molecule has 3 atom stereocenters. The van der Waals surface area contributed by atoms with Crippen molar-refractivity contribution < 1.29 is 18.1 Å². The molecule has 4 rings (SSSR count). The summed E-state index contributed by atoms with van der Waals surface area (Å²) in [6.45, 7) is 6.19. The minimum absolute atomic E-state index is 0.0160. The number of nitrogens with one attached hydrogen (secondary N) is 1. The monoisotopic (exact) mass is 497 g/mol. The van der Waals surface area contributed by atoms with Crippen molar-refractivity contribution in [1.82, 2.24) is 9.62 Å². The summed E-state index contributed by atoms with van der Waals surface area (Å²) in [5.41, 5.74) is 0.162. The molecule has 35 heavy (non-hydrogen) atoms. The number of nitrogens with zero attached hydrogens (tertiary/aromatic N) is 2. The molecule has 0 amide bonds. The first kappa shape index (κ1) is 25.2. The van der Waals surface area contributed by atoms with Crippen molar-refractivity contribution in [2.45, 2.75) is 37.1 Å². The molecular weight excluding hydrogens is 466 g/mol. The van der Waals surface area contributed by atoms with E-state index in [9.17, 15) is 23.3 Å². The smallest absolute Gasteiger partial charge is 0.289 e. The molecule has 2 fully saturated rings. The Labute approximate surface area is 206 Å². The number of benzene rings is 2. The van der Waals surface area contributed by atoms with Gasteiger partial charge in [-0.05, 0) is 36.3 Å². The maximum absolute atomic E-state index is 13.2. The van der Waals surface area contributed by atoms with Crippen molar-refractivity contribution in [3.05, 3.63) is 82.9 Å². The van der Waals surface area contributed by atoms with E-state index >= 15 is 0 Å². The number of sulfonamides is 1. The van der Waals surface area contributed by atoms with E-state index in [0.717, 1.165) is 19.5 Å². The molecule has 1 saturated heterocycles. The second-order valence-corrected chi connectivity index (χ2v) is 11.4. The van der Waals surface area contributed by atoms with Crippen molar-refractivity contribution in [2.75, 3.05) is 19.6 Å². The highest BCUT2D eigenvalue weighted by Gasteiger charge is 2.50. The summed E-state index contributed by atoms with van der Waals surface area (Å²) >= 11 is 0. The zero-order valence-corrected chi connectivity index (χ0v) is 20.5. The van der Waals surface area contributed by atoms with Gasteiger partial charge in [0, 0.05) is 50.5 Å². The number of piperidine rings is 1. The Balaban J connectivity index is 1.65. The lowest BCUT2D eigenvalue weighted by molar-refractivity contribution is -0.387. The summed E-state index contributed by atoms with van der Waals surface area (Å²) in [4.78, 5) is 25.2. The summed E-state index contributed by atoms with van der Waals surface area (Å²) in [7, 11) is -4.15. The number of likely N-dealkylation sites (tertiary alicyclic amines) is 1. The Hall–Kier alpha value is -2.88. The van der Waals surface area contributed by atoms with Crippen LogP contribution in [0.5, 0.6) is 0 Å². The molecular formula is C26H31N3O5S. The van der Waals surface area contributed by atoms with Gasteiger partial charge in [-0.2, -0.15) is 0 Å². The molecule has 0 spiro atoms. The number of hydrogen-bond donors (Lipinski definition) is 1. The third-order valence-corrected chi connectivity index (χ3v) is 8.84. The molecule has 0 radical (unpaired) electrons. The lowest BCUT2D eigenvalue weighted by Gasteiger charge is -2.53. The highest BCUT2D eigenvalue weighted by atomic mass is 32.2. The topological polar surface area (TPSA) is 110 Å². The van der Waals surface area contributed by atoms with Gasteiger partial charge in [-0.15, -0.1) is 6.58 Å². The van der Waals surface area contributed by atoms with E-state index in [-0.39, 0.29) is 29.1 Å². The summed E-state index contributed by atoms with van der Waals surface area (Å²) in [5.74, 6) is 0.487. The summed E-state index contributed by atoms with van der Waals surface area (Å²) < 4.78 is 29.1. The fraction of sp³-hybridized carbons (Fsp3) is 0.423. The van der Waals surface area contributed by atoms with Crippen LogP contribution in [0.25, 0.3) is 0 Å². The average molecular weight is 498 g/mol. The largest absolute Gasteiger partial charge is 0.300 e. The molecule has 2 aromatic rings. The van der Waals surface area contributed by atoms with E-state index in [1.165, 1.54) is 29.8 Å². The Morgan fingerprint density at radius 2 is 1.89 bits per heavy atom. The molecule has 1 N–H and O–H groups in total. The van der Waals surface area contributed by atoms with Gasteiger partial charge in [0.15, 0.2) is 4.90 Å². The van der Waals surface area contributed by atoms with Crippen molar-refractivity contribution in [1.29, 1.82) is 0 Å². The second kappa shape index (κ2) is 10.4. The number of Topliss-reactive ketones (excluding diaryl/α,β-unsaturated/α-hetero) is 1. The van der Waals surface area contributed by atoms with Crippen LogP contribution in [-0.2, 0) is 21.4 Å². The van der Waals surface area contributed by atoms with Gasteiger partial charge in [0.05, 0.1) is 4.92 Å². The fourth-order valence-electron chi connectivity index (χ4n) is 5.83. The first-order valence-corrected chi connectivity index (χ1v) is 13.3. The molecule has 9 heteroatoms. The van der Waals surface area contributed by atoms with Crippen molar-refractivity contribution in [3.63, 3.8) is 0 Å². The van der Waals surface area contributed by atoms with Gasteiger partial charge in [0.2, 0.25) is 10.0 Å². The zero-order chi connectivity index (χ0) is 25.1. The highest BCUT2D eigenvalue weighted by molar-refractivity contribution is 7.89. The lowest BCUT2D eigenvalue weighted by atomic mass is 9.59. The lowest BCUT2D eigenvalue weighted by Crippen LogP contribution is -2.58. The SMILES string of the molecule is C=CC[C@]1(CNS(=O)(=O)c2ccccc2[N+](=O)[O-])CN(Cc2ccccc2)C[C@H]2CCC(=O)C[C@H]21. The van der Waals surface area contributed by atoms with E-state index in [1.807, 2.05) is 18.2 Å². The number of carbonyl (C=O) groups excluding carboxylic acids is 1. The third kappa shape index (κ3) is 5.52. The molecule has 186 valence electrons. The van der Waals surface area contributed by atoms with E-state index in [2.05, 4.69) is 28.3 Å². The number of carbonyl (C=O) groups is 1. The van der Waals surface area contributed by atoms with Crippen molar-refractivity contribution >= 4 is 21.5 Å². The first-order valence-electron chi connectivity index (χ1n) is 11.9. The van der Waals surface area contributed by atoms with Crippen molar-refractivity contribution in [3.8, 4) is 0 Å². The van der Waals surface area contributed by atoms with E-state index in [4.69, 9.17) is 0 Å². The molecule has 1 aliphatic heterocycles. The minimum atomic E-state index is -4.15. The van der Waals surface area contributed by atoms with Crippen LogP contribution in [0.15, 0.2) is 72.1 Å². The van der Waals surface area contributed by atoms with E-state index in [0.29, 0.717) is 25.8 Å². The maximum atomic E-state index is 13.2. The van der Waals surface area contributed by atoms with Crippen LogP contribution in [0.4, 0.5) is 5.69 Å². The van der Waals surface area contributed by atoms with Crippen LogP contribution in [-0.4, -0.2) is 43.7 Å². The number of ketones is 1. The molecule has 2 aromatic carbocycles. The van der Waals surface area contributed by atoms with Crippen LogP contribution >= 0.6 is 0 Å². The van der Waals surface area contributed by atoms with Crippen LogP contribution < -0.4 is 4.72 Å². The van der Waals surface area contributed by atoms with Gasteiger partial charge in [-0.25, -0.2) is 13.1 Å². The minimum Gasteiger partial charge on any atom is -0.300 e. The number of allylic oxidation sites excluding steroid dienone is 1. The number of nitro groups is 1. The molecule has 0 bridgehead atoms. The molecule has 0 aromatic heterocycles. The molecule has 0 unspecified atom stereocenters. The predicted octanol–water partition coefficient (Wildman–Crippen LogP) is 3.94. The third-order valence-electron chi connectivity index (χ3n) is 7.39. The van der Waals surface area contributed by atoms with Crippen molar-refractivity contribution in [2.24, 2.45) is 17.3 Å². The van der Waals surface area contributed by atoms with Gasteiger partial charge in [0.1, 0.15) is 5.78 Å². The van der Waals surface area contributed by atoms with Gasteiger partial charge in [-0.1, -0.05) is 48.5 Å². The number of nitro benzene ring substituents is 1. The highest BCUT2D eigenvalue weighted by Crippen LogP contribution is 2.48. The van der Waals surface area contributed by atoms with Crippen LogP contribution in [0, 0.1) is 27.4 Å². The molecule has 2 aliphatic rings. The van der Waals surface area contributed by atoms with Gasteiger partial charge < -0.3 is 0 Å². The molecule has 1 aliphatic carbocycles. The number of para-hydroxylation sites is 1. The first-order chi connectivity index (χ1) is 16.7. The molecule has 8 nitrogen and oxygen atoms in total. The van der Waals surface area contributed by atoms with Gasteiger partial charge in [0.25, 0.3) is 5.69 Å². The second-order valence-electron chi connectivity index (χ2n) is 9.71.